The van der Waals surface area contributed by atoms with Crippen molar-refractivity contribution in [2.75, 3.05) is 20.3 Å². The quantitative estimate of drug-likeness (QED) is 0.597. The molecule has 0 bridgehead atoms. The van der Waals surface area contributed by atoms with Crippen LogP contribution in [0.15, 0.2) is 47.3 Å². The molecule has 142 valence electrons. The van der Waals surface area contributed by atoms with E-state index in [4.69, 9.17) is 9.47 Å². The Kier molecular flexibility index (Phi) is 5.93. The molecule has 7 nitrogen and oxygen atoms in total. The second kappa shape index (κ2) is 8.55. The van der Waals surface area contributed by atoms with Crippen LogP contribution >= 0.6 is 0 Å². The van der Waals surface area contributed by atoms with Crippen molar-refractivity contribution in [2.24, 2.45) is 0 Å². The molecule has 3 rings (SSSR count). The molecule has 0 saturated heterocycles. The number of amides is 1. The third-order valence-electron chi connectivity index (χ3n) is 4.31. The summed E-state index contributed by atoms with van der Waals surface area (Å²) in [6.45, 7) is 3.86. The number of hydrogen-bond donors (Lipinski definition) is 2. The number of carbonyl (C=O) groups is 1. The second-order valence-corrected chi connectivity index (χ2v) is 6.04. The number of rotatable bonds is 8. The lowest BCUT2D eigenvalue weighted by Crippen LogP contribution is -2.22. The molecule has 7 heteroatoms. The molecular weight excluding hydrogens is 346 g/mol. The maximum Gasteiger partial charge on any atom is 0.326 e. The molecular formula is C20H23N3O4. The van der Waals surface area contributed by atoms with Crippen molar-refractivity contribution in [1.82, 2.24) is 14.9 Å². The highest BCUT2D eigenvalue weighted by Crippen LogP contribution is 2.14. The van der Waals surface area contributed by atoms with Crippen molar-refractivity contribution in [1.29, 1.82) is 0 Å². The van der Waals surface area contributed by atoms with E-state index in [9.17, 15) is 9.59 Å². The number of fused-ring (bicyclic) bond motifs is 1. The van der Waals surface area contributed by atoms with Crippen LogP contribution in [0.4, 0.5) is 0 Å². The summed E-state index contributed by atoms with van der Waals surface area (Å²) >= 11 is 0. The van der Waals surface area contributed by atoms with Gasteiger partial charge in [0.25, 0.3) is 5.91 Å². The van der Waals surface area contributed by atoms with E-state index in [1.165, 1.54) is 0 Å². The zero-order valence-corrected chi connectivity index (χ0v) is 15.5. The Bertz CT molecular complexity index is 973. The number of H-pyrrole nitrogens is 1. The van der Waals surface area contributed by atoms with E-state index in [0.717, 1.165) is 16.8 Å². The van der Waals surface area contributed by atoms with Gasteiger partial charge in [-0.05, 0) is 42.8 Å². The van der Waals surface area contributed by atoms with Crippen LogP contribution in [-0.2, 0) is 17.8 Å². The first-order valence-electron chi connectivity index (χ1n) is 8.84. The van der Waals surface area contributed by atoms with Gasteiger partial charge in [-0.1, -0.05) is 12.1 Å². The number of benzene rings is 2. The Morgan fingerprint density at radius 3 is 2.67 bits per heavy atom. The summed E-state index contributed by atoms with van der Waals surface area (Å²) in [7, 11) is 1.61. The van der Waals surface area contributed by atoms with E-state index in [1.54, 1.807) is 29.9 Å². The Hall–Kier alpha value is -3.06. The molecule has 1 heterocycles. The van der Waals surface area contributed by atoms with Crippen LogP contribution in [-0.4, -0.2) is 35.8 Å². The molecule has 1 amide bonds. The Morgan fingerprint density at radius 2 is 1.96 bits per heavy atom. The van der Waals surface area contributed by atoms with Crippen molar-refractivity contribution < 1.29 is 14.3 Å². The third kappa shape index (κ3) is 4.38. The number of carbonyl (C=O) groups excluding carboxylic acids is 1. The molecule has 0 spiro atoms. The molecule has 2 N–H and O–H groups in total. The molecule has 0 atom stereocenters. The molecule has 1 aromatic heterocycles. The third-order valence-corrected chi connectivity index (χ3v) is 4.31. The molecule has 3 aromatic rings. The van der Waals surface area contributed by atoms with Crippen LogP contribution in [0, 0.1) is 0 Å². The van der Waals surface area contributed by atoms with Crippen LogP contribution in [0.5, 0.6) is 5.75 Å². The maximum absolute atomic E-state index is 12.4. The molecule has 0 aliphatic carbocycles. The minimum absolute atomic E-state index is 0.198. The van der Waals surface area contributed by atoms with Gasteiger partial charge in [0.05, 0.1) is 31.3 Å². The predicted molar refractivity (Wildman–Crippen MR) is 103 cm³/mol. The van der Waals surface area contributed by atoms with Gasteiger partial charge >= 0.3 is 5.69 Å². The van der Waals surface area contributed by atoms with Crippen molar-refractivity contribution in [3.05, 3.63) is 64.1 Å². The average Bonchev–Trinajstić information content (AvgIpc) is 3.01. The Morgan fingerprint density at radius 1 is 1.19 bits per heavy atom. The summed E-state index contributed by atoms with van der Waals surface area (Å²) in [5, 5.41) is 2.88. The van der Waals surface area contributed by atoms with E-state index in [2.05, 4.69) is 10.3 Å². The fraction of sp³-hybridized carbons (Fsp3) is 0.300. The Balaban J connectivity index is 1.70. The van der Waals surface area contributed by atoms with E-state index in [-0.39, 0.29) is 11.6 Å². The van der Waals surface area contributed by atoms with Crippen LogP contribution in [0.3, 0.4) is 0 Å². The fourth-order valence-corrected chi connectivity index (χ4v) is 2.85. The minimum Gasteiger partial charge on any atom is -0.497 e. The van der Waals surface area contributed by atoms with Gasteiger partial charge in [0, 0.05) is 18.7 Å². The zero-order valence-electron chi connectivity index (χ0n) is 15.5. The van der Waals surface area contributed by atoms with Gasteiger partial charge in [0.2, 0.25) is 0 Å². The number of aromatic nitrogens is 2. The highest BCUT2D eigenvalue weighted by atomic mass is 16.5. The highest BCUT2D eigenvalue weighted by molar-refractivity contribution is 5.97. The summed E-state index contributed by atoms with van der Waals surface area (Å²) in [4.78, 5) is 27.3. The molecule has 0 fully saturated rings. The summed E-state index contributed by atoms with van der Waals surface area (Å²) in [6.07, 6.45) is 0. The van der Waals surface area contributed by atoms with Gasteiger partial charge in [-0.2, -0.15) is 0 Å². The van der Waals surface area contributed by atoms with E-state index in [1.807, 2.05) is 31.2 Å². The number of nitrogens with one attached hydrogen (secondary N) is 2. The fourth-order valence-electron chi connectivity index (χ4n) is 2.85. The van der Waals surface area contributed by atoms with Gasteiger partial charge in [0.15, 0.2) is 0 Å². The molecule has 2 aromatic carbocycles. The number of methoxy groups -OCH3 is 1. The highest BCUT2D eigenvalue weighted by Gasteiger charge is 2.11. The van der Waals surface area contributed by atoms with Gasteiger partial charge in [-0.15, -0.1) is 0 Å². The number of nitrogens with zero attached hydrogens (tertiary/aromatic N) is 1. The lowest BCUT2D eigenvalue weighted by molar-refractivity contribution is 0.0951. The molecule has 27 heavy (non-hydrogen) atoms. The summed E-state index contributed by atoms with van der Waals surface area (Å²) in [6, 6.07) is 12.7. The van der Waals surface area contributed by atoms with E-state index in [0.29, 0.717) is 37.4 Å². The van der Waals surface area contributed by atoms with Crippen LogP contribution < -0.4 is 15.7 Å². The van der Waals surface area contributed by atoms with E-state index < -0.39 is 0 Å². The summed E-state index contributed by atoms with van der Waals surface area (Å²) in [5.41, 5.74) is 2.65. The number of imidazole rings is 1. The zero-order chi connectivity index (χ0) is 19.2. The first-order chi connectivity index (χ1) is 13.1. The molecule has 0 saturated carbocycles. The van der Waals surface area contributed by atoms with Crippen molar-refractivity contribution in [3.63, 3.8) is 0 Å². The molecule has 0 aliphatic rings. The SMILES string of the molecule is CCOCCn1c(=O)[nH]c2cc(C(=O)NCc3ccc(OC)cc3)ccc21. The number of ether oxygens (including phenoxy) is 2. The van der Waals surface area contributed by atoms with Gasteiger partial charge < -0.3 is 19.8 Å². The van der Waals surface area contributed by atoms with Crippen molar-refractivity contribution >= 4 is 16.9 Å². The lowest BCUT2D eigenvalue weighted by atomic mass is 10.1. The van der Waals surface area contributed by atoms with Crippen molar-refractivity contribution in [2.45, 2.75) is 20.0 Å². The van der Waals surface area contributed by atoms with Crippen molar-refractivity contribution in [3.8, 4) is 5.75 Å². The Labute approximate surface area is 156 Å². The minimum atomic E-state index is -0.208. The monoisotopic (exact) mass is 369 g/mol. The lowest BCUT2D eigenvalue weighted by Gasteiger charge is -2.07. The predicted octanol–water partition coefficient (Wildman–Crippen LogP) is 2.30. The number of aromatic amines is 1. The van der Waals surface area contributed by atoms with E-state index >= 15 is 0 Å². The number of hydrogen-bond acceptors (Lipinski definition) is 4. The van der Waals surface area contributed by atoms with Crippen LogP contribution in [0.25, 0.3) is 11.0 Å². The maximum atomic E-state index is 12.4. The second-order valence-electron chi connectivity index (χ2n) is 6.04. The topological polar surface area (TPSA) is 85.4 Å². The molecule has 0 radical (unpaired) electrons. The normalized spacial score (nSPS) is 10.9. The van der Waals surface area contributed by atoms with Gasteiger partial charge in [-0.3, -0.25) is 9.36 Å². The van der Waals surface area contributed by atoms with Crippen LogP contribution in [0.2, 0.25) is 0 Å². The first kappa shape index (κ1) is 18.7. The summed E-state index contributed by atoms with van der Waals surface area (Å²) < 4.78 is 12.1. The smallest absolute Gasteiger partial charge is 0.326 e. The van der Waals surface area contributed by atoms with Crippen LogP contribution in [0.1, 0.15) is 22.8 Å². The molecule has 0 unspecified atom stereocenters. The largest absolute Gasteiger partial charge is 0.497 e. The van der Waals surface area contributed by atoms with Gasteiger partial charge in [0.1, 0.15) is 5.75 Å². The summed E-state index contributed by atoms with van der Waals surface area (Å²) in [5.74, 6) is 0.573. The van der Waals surface area contributed by atoms with Gasteiger partial charge in [-0.25, -0.2) is 4.79 Å². The molecule has 0 aliphatic heterocycles. The average molecular weight is 369 g/mol. The first-order valence-corrected chi connectivity index (χ1v) is 8.84. The standard InChI is InChI=1S/C20H23N3O4/c1-3-27-11-10-23-18-9-6-15(12-17(18)22-20(23)25)19(24)21-13-14-4-7-16(26-2)8-5-14/h4-9,12H,3,10-11,13H2,1-2H3,(H,21,24)(H,22,25).